The fourth-order valence-electron chi connectivity index (χ4n) is 2.99. The fraction of sp³-hybridized carbons (Fsp3) is 0.316. The number of nitrogens with one attached hydrogen (secondary N) is 1. The highest BCUT2D eigenvalue weighted by Gasteiger charge is 2.28. The number of thiophene rings is 1. The van der Waals surface area contributed by atoms with Gasteiger partial charge in [0.05, 0.1) is 10.6 Å². The zero-order valence-corrected chi connectivity index (χ0v) is 16.1. The number of nitrogens with zero attached hydrogens (tertiary/aromatic N) is 2. The van der Waals surface area contributed by atoms with Crippen molar-refractivity contribution in [2.75, 3.05) is 11.6 Å². The van der Waals surface area contributed by atoms with Gasteiger partial charge in [-0.1, -0.05) is 6.07 Å². The lowest BCUT2D eigenvalue weighted by molar-refractivity contribution is 0.103. The van der Waals surface area contributed by atoms with Crippen LogP contribution in [-0.2, 0) is 0 Å². The Morgan fingerprint density at radius 1 is 1.28 bits per heavy atom. The lowest BCUT2D eigenvalue weighted by atomic mass is 10.1. The normalized spacial score (nSPS) is 14.0. The molecule has 2 heterocycles. The average molecular weight is 370 g/mol. The zero-order chi connectivity index (χ0) is 17.6. The molecular formula is C19H19N3OS2. The Kier molecular flexibility index (Phi) is 4.25. The first kappa shape index (κ1) is 16.5. The van der Waals surface area contributed by atoms with Gasteiger partial charge in [0.1, 0.15) is 10.7 Å². The van der Waals surface area contributed by atoms with Crippen LogP contribution in [0.3, 0.4) is 0 Å². The van der Waals surface area contributed by atoms with E-state index in [0.29, 0.717) is 5.92 Å². The monoisotopic (exact) mass is 369 g/mol. The van der Waals surface area contributed by atoms with Gasteiger partial charge < -0.3 is 5.32 Å². The Labute approximate surface area is 155 Å². The fourth-order valence-corrected chi connectivity index (χ4v) is 4.58. The van der Waals surface area contributed by atoms with Crippen molar-refractivity contribution in [3.05, 3.63) is 46.2 Å². The van der Waals surface area contributed by atoms with Crippen molar-refractivity contribution in [2.24, 2.45) is 0 Å². The van der Waals surface area contributed by atoms with E-state index in [9.17, 15) is 4.79 Å². The Morgan fingerprint density at radius 3 is 2.80 bits per heavy atom. The SMILES string of the molecule is CSc1cccc(NC(=O)c2sc3nc(C4CC4)nc(C)c3c2C)c1. The highest BCUT2D eigenvalue weighted by molar-refractivity contribution is 7.98. The third-order valence-corrected chi connectivity index (χ3v) is 6.37. The van der Waals surface area contributed by atoms with E-state index < -0.39 is 0 Å². The first-order valence-corrected chi connectivity index (χ1v) is 10.3. The standard InChI is InChI=1S/C19H19N3OS2/c1-10-15-11(2)20-17(12-7-8-12)22-19(15)25-16(10)18(23)21-13-5-4-6-14(9-13)24-3/h4-6,9,12H,7-8H2,1-3H3,(H,21,23). The van der Waals surface area contributed by atoms with Crippen LogP contribution in [0.5, 0.6) is 0 Å². The van der Waals surface area contributed by atoms with E-state index in [-0.39, 0.29) is 5.91 Å². The number of thioether (sulfide) groups is 1. The molecule has 3 aromatic rings. The number of benzene rings is 1. The molecule has 1 N–H and O–H groups in total. The van der Waals surface area contributed by atoms with Crippen molar-refractivity contribution in [3.63, 3.8) is 0 Å². The van der Waals surface area contributed by atoms with Gasteiger partial charge in [0, 0.05) is 21.9 Å². The molecular weight excluding hydrogens is 350 g/mol. The minimum absolute atomic E-state index is 0.0777. The second-order valence-corrected chi connectivity index (χ2v) is 8.24. The molecule has 25 heavy (non-hydrogen) atoms. The Bertz CT molecular complexity index is 976. The van der Waals surface area contributed by atoms with E-state index in [4.69, 9.17) is 4.98 Å². The molecule has 0 saturated heterocycles. The number of amides is 1. The first-order valence-electron chi connectivity index (χ1n) is 8.30. The summed E-state index contributed by atoms with van der Waals surface area (Å²) in [7, 11) is 0. The molecule has 1 aliphatic rings. The number of carbonyl (C=O) groups is 1. The second-order valence-electron chi connectivity index (χ2n) is 6.36. The third-order valence-electron chi connectivity index (χ3n) is 4.46. The van der Waals surface area contributed by atoms with Crippen LogP contribution < -0.4 is 5.32 Å². The van der Waals surface area contributed by atoms with Crippen molar-refractivity contribution < 1.29 is 4.79 Å². The summed E-state index contributed by atoms with van der Waals surface area (Å²) in [6.07, 6.45) is 4.37. The minimum atomic E-state index is -0.0777. The van der Waals surface area contributed by atoms with Crippen LogP contribution in [0.4, 0.5) is 5.69 Å². The van der Waals surface area contributed by atoms with Crippen LogP contribution >= 0.6 is 23.1 Å². The summed E-state index contributed by atoms with van der Waals surface area (Å²) >= 11 is 3.12. The molecule has 4 nitrogen and oxygen atoms in total. The summed E-state index contributed by atoms with van der Waals surface area (Å²) in [6, 6.07) is 7.89. The van der Waals surface area contributed by atoms with E-state index in [0.717, 1.165) is 42.8 Å². The van der Waals surface area contributed by atoms with Gasteiger partial charge in [-0.15, -0.1) is 23.1 Å². The van der Waals surface area contributed by atoms with E-state index >= 15 is 0 Å². The largest absolute Gasteiger partial charge is 0.321 e. The Balaban J connectivity index is 1.69. The van der Waals surface area contributed by atoms with E-state index in [1.807, 2.05) is 44.4 Å². The smallest absolute Gasteiger partial charge is 0.266 e. The number of rotatable bonds is 4. The van der Waals surface area contributed by atoms with Crippen LogP contribution in [0.2, 0.25) is 0 Å². The third kappa shape index (κ3) is 3.16. The maximum Gasteiger partial charge on any atom is 0.266 e. The van der Waals surface area contributed by atoms with E-state index in [1.54, 1.807) is 11.8 Å². The van der Waals surface area contributed by atoms with E-state index in [2.05, 4.69) is 10.3 Å². The first-order chi connectivity index (χ1) is 12.1. The van der Waals surface area contributed by atoms with Gasteiger partial charge >= 0.3 is 0 Å². The maximum atomic E-state index is 12.8. The van der Waals surface area contributed by atoms with Gasteiger partial charge in [0.2, 0.25) is 0 Å². The van der Waals surface area contributed by atoms with Crippen LogP contribution in [0, 0.1) is 13.8 Å². The topological polar surface area (TPSA) is 54.9 Å². The van der Waals surface area contributed by atoms with E-state index in [1.165, 1.54) is 24.2 Å². The molecule has 6 heteroatoms. The summed E-state index contributed by atoms with van der Waals surface area (Å²) in [5.41, 5.74) is 2.76. The minimum Gasteiger partial charge on any atom is -0.321 e. The molecule has 0 unspecified atom stereocenters. The van der Waals surface area contributed by atoms with Gasteiger partial charge in [-0.2, -0.15) is 0 Å². The molecule has 4 rings (SSSR count). The molecule has 0 aliphatic heterocycles. The predicted octanol–water partition coefficient (Wildman–Crippen LogP) is 5.16. The molecule has 1 aromatic carbocycles. The van der Waals surface area contributed by atoms with Crippen molar-refractivity contribution in [1.29, 1.82) is 0 Å². The van der Waals surface area contributed by atoms with Gasteiger partial charge in [-0.05, 0) is 56.7 Å². The molecule has 0 radical (unpaired) electrons. The van der Waals surface area contributed by atoms with Gasteiger partial charge in [0.25, 0.3) is 5.91 Å². The van der Waals surface area contributed by atoms with Crippen molar-refractivity contribution in [2.45, 2.75) is 37.5 Å². The lowest BCUT2D eigenvalue weighted by Crippen LogP contribution is -2.11. The summed E-state index contributed by atoms with van der Waals surface area (Å²) < 4.78 is 0. The van der Waals surface area contributed by atoms with Crippen LogP contribution in [0.15, 0.2) is 29.2 Å². The molecule has 1 aliphatic carbocycles. The molecule has 1 amide bonds. The molecule has 128 valence electrons. The van der Waals surface area contributed by atoms with Crippen molar-refractivity contribution >= 4 is 44.9 Å². The number of aromatic nitrogens is 2. The van der Waals surface area contributed by atoms with Crippen molar-refractivity contribution in [3.8, 4) is 0 Å². The summed E-state index contributed by atoms with van der Waals surface area (Å²) in [5.74, 6) is 1.37. The van der Waals surface area contributed by atoms with Crippen molar-refractivity contribution in [1.82, 2.24) is 9.97 Å². The number of fused-ring (bicyclic) bond motifs is 1. The molecule has 0 atom stereocenters. The summed E-state index contributed by atoms with van der Waals surface area (Å²) in [4.78, 5) is 24.9. The van der Waals surface area contributed by atoms with Crippen LogP contribution in [0.25, 0.3) is 10.2 Å². The number of hydrogen-bond acceptors (Lipinski definition) is 5. The number of hydrogen-bond donors (Lipinski definition) is 1. The number of anilines is 1. The van der Waals surface area contributed by atoms with Crippen LogP contribution in [-0.4, -0.2) is 22.1 Å². The summed E-state index contributed by atoms with van der Waals surface area (Å²) in [6.45, 7) is 4.00. The number of carbonyl (C=O) groups excluding carboxylic acids is 1. The van der Waals surface area contributed by atoms with Gasteiger partial charge in [0.15, 0.2) is 0 Å². The van der Waals surface area contributed by atoms with Gasteiger partial charge in [-0.3, -0.25) is 4.79 Å². The molecule has 1 fully saturated rings. The number of aryl methyl sites for hydroxylation is 2. The molecule has 2 aromatic heterocycles. The molecule has 1 saturated carbocycles. The van der Waals surface area contributed by atoms with Gasteiger partial charge in [-0.25, -0.2) is 9.97 Å². The second kappa shape index (κ2) is 6.42. The lowest BCUT2D eigenvalue weighted by Gasteiger charge is -2.06. The van der Waals surface area contributed by atoms with Crippen LogP contribution in [0.1, 0.15) is 45.5 Å². The molecule has 0 bridgehead atoms. The maximum absolute atomic E-state index is 12.8. The highest BCUT2D eigenvalue weighted by atomic mass is 32.2. The Morgan fingerprint density at radius 2 is 2.08 bits per heavy atom. The average Bonchev–Trinajstić information content (AvgIpc) is 3.39. The quantitative estimate of drug-likeness (QED) is 0.645. The Hall–Kier alpha value is -1.92. The molecule has 0 spiro atoms. The zero-order valence-electron chi connectivity index (χ0n) is 14.4. The highest BCUT2D eigenvalue weighted by Crippen LogP contribution is 2.40. The summed E-state index contributed by atoms with van der Waals surface area (Å²) in [5, 5.41) is 4.04. The predicted molar refractivity (Wildman–Crippen MR) is 105 cm³/mol.